The second kappa shape index (κ2) is 10.8. The lowest BCUT2D eigenvalue weighted by Crippen LogP contribution is -2.50. The van der Waals surface area contributed by atoms with E-state index in [0.717, 1.165) is 57.6 Å². The Kier molecular flexibility index (Phi) is 7.65. The van der Waals surface area contributed by atoms with E-state index >= 15 is 0 Å². The molecule has 0 saturated carbocycles. The maximum atomic E-state index is 12.9. The molecule has 0 N–H and O–H groups in total. The van der Waals surface area contributed by atoms with E-state index < -0.39 is 0 Å². The molecule has 0 aromatic heterocycles. The molecule has 0 bridgehead atoms. The lowest BCUT2D eigenvalue weighted by molar-refractivity contribution is -0.136. The smallest absolute Gasteiger partial charge is 0.253 e. The van der Waals surface area contributed by atoms with Crippen LogP contribution in [0.3, 0.4) is 0 Å². The Labute approximate surface area is 197 Å². The zero-order chi connectivity index (χ0) is 23.2. The molecule has 2 heterocycles. The lowest BCUT2D eigenvalue weighted by atomic mass is 9.92. The van der Waals surface area contributed by atoms with Gasteiger partial charge in [-0.2, -0.15) is 0 Å². The summed E-state index contributed by atoms with van der Waals surface area (Å²) in [6, 6.07) is 18.0. The van der Waals surface area contributed by atoms with Gasteiger partial charge in [0.25, 0.3) is 5.91 Å². The maximum absolute atomic E-state index is 12.9. The van der Waals surface area contributed by atoms with Crippen molar-refractivity contribution in [3.63, 3.8) is 0 Å². The van der Waals surface area contributed by atoms with Crippen LogP contribution in [0.25, 0.3) is 0 Å². The van der Waals surface area contributed by atoms with E-state index in [1.54, 1.807) is 7.11 Å². The van der Waals surface area contributed by atoms with Crippen molar-refractivity contribution in [1.82, 2.24) is 14.7 Å². The first-order chi connectivity index (χ1) is 16.0. The van der Waals surface area contributed by atoms with E-state index in [9.17, 15) is 9.59 Å². The van der Waals surface area contributed by atoms with Gasteiger partial charge in [-0.1, -0.05) is 30.3 Å². The van der Waals surface area contributed by atoms with Gasteiger partial charge in [0.1, 0.15) is 5.75 Å². The predicted molar refractivity (Wildman–Crippen MR) is 129 cm³/mol. The number of ether oxygens (including phenoxy) is 1. The third-order valence-corrected chi connectivity index (χ3v) is 7.12. The molecule has 2 aromatic rings. The third kappa shape index (κ3) is 5.74. The number of piperidine rings is 2. The van der Waals surface area contributed by atoms with Crippen LogP contribution < -0.4 is 4.74 Å². The molecule has 6 heteroatoms. The Hall–Kier alpha value is -2.86. The number of hydrogen-bond donors (Lipinski definition) is 0. The van der Waals surface area contributed by atoms with Gasteiger partial charge in [0, 0.05) is 44.2 Å². The molecule has 2 aromatic carbocycles. The minimum absolute atomic E-state index is 0.0989. The van der Waals surface area contributed by atoms with Gasteiger partial charge in [-0.05, 0) is 68.6 Å². The Morgan fingerprint density at radius 2 is 1.55 bits per heavy atom. The number of benzene rings is 2. The highest BCUT2D eigenvalue weighted by Gasteiger charge is 2.32. The molecular weight excluding hydrogens is 414 g/mol. The van der Waals surface area contributed by atoms with Crippen molar-refractivity contribution in [2.24, 2.45) is 5.92 Å². The molecular formula is C27H35N3O3. The van der Waals surface area contributed by atoms with E-state index in [-0.39, 0.29) is 17.7 Å². The van der Waals surface area contributed by atoms with Gasteiger partial charge in [-0.3, -0.25) is 9.59 Å². The van der Waals surface area contributed by atoms with Crippen LogP contribution in [-0.4, -0.2) is 72.9 Å². The van der Waals surface area contributed by atoms with Crippen molar-refractivity contribution in [1.29, 1.82) is 0 Å². The van der Waals surface area contributed by atoms with Crippen molar-refractivity contribution in [2.45, 2.75) is 38.3 Å². The van der Waals surface area contributed by atoms with Crippen LogP contribution in [0.1, 0.15) is 41.6 Å². The standard InChI is InChI=1S/C27H35N3O3/c1-28(20-21-6-4-3-5-7-21)26(31)23-12-16-29(17-13-23)24-14-18-30(19-15-24)27(32)22-8-10-25(33-2)11-9-22/h3-11,23-24H,12-20H2,1-2H3. The number of amides is 2. The lowest BCUT2D eigenvalue weighted by Gasteiger charge is -2.42. The minimum atomic E-state index is 0.0989. The van der Waals surface area contributed by atoms with Crippen molar-refractivity contribution in [3.8, 4) is 5.75 Å². The molecule has 2 amide bonds. The van der Waals surface area contributed by atoms with Crippen molar-refractivity contribution < 1.29 is 14.3 Å². The molecule has 2 aliphatic rings. The van der Waals surface area contributed by atoms with E-state index in [1.807, 2.05) is 59.3 Å². The molecule has 2 fully saturated rings. The molecule has 0 aliphatic carbocycles. The fraction of sp³-hybridized carbons (Fsp3) is 0.481. The summed E-state index contributed by atoms with van der Waals surface area (Å²) in [4.78, 5) is 32.1. The number of nitrogens with zero attached hydrogens (tertiary/aromatic N) is 3. The molecule has 4 rings (SSSR count). The summed E-state index contributed by atoms with van der Waals surface area (Å²) < 4.78 is 5.18. The normalized spacial score (nSPS) is 18.2. The summed E-state index contributed by atoms with van der Waals surface area (Å²) in [5.41, 5.74) is 1.88. The van der Waals surface area contributed by atoms with Crippen LogP contribution in [0.2, 0.25) is 0 Å². The highest BCUT2D eigenvalue weighted by atomic mass is 16.5. The number of carbonyl (C=O) groups excluding carboxylic acids is 2. The quantitative estimate of drug-likeness (QED) is 0.675. The van der Waals surface area contributed by atoms with E-state index in [0.29, 0.717) is 18.2 Å². The number of likely N-dealkylation sites (tertiary alicyclic amines) is 2. The number of methoxy groups -OCH3 is 1. The van der Waals surface area contributed by atoms with Crippen LogP contribution in [0.15, 0.2) is 54.6 Å². The molecule has 2 aliphatic heterocycles. The summed E-state index contributed by atoms with van der Waals surface area (Å²) in [5, 5.41) is 0. The monoisotopic (exact) mass is 449 g/mol. The number of carbonyl (C=O) groups is 2. The predicted octanol–water partition coefficient (Wildman–Crippen LogP) is 3.67. The zero-order valence-electron chi connectivity index (χ0n) is 19.8. The SMILES string of the molecule is COc1ccc(C(=O)N2CCC(N3CCC(C(=O)N(C)Cc4ccccc4)CC3)CC2)cc1. The molecule has 2 saturated heterocycles. The van der Waals surface area contributed by atoms with Crippen molar-refractivity contribution >= 4 is 11.8 Å². The molecule has 0 unspecified atom stereocenters. The van der Waals surface area contributed by atoms with Crippen molar-refractivity contribution in [2.75, 3.05) is 40.3 Å². The third-order valence-electron chi connectivity index (χ3n) is 7.12. The fourth-order valence-corrected chi connectivity index (χ4v) is 5.11. The summed E-state index contributed by atoms with van der Waals surface area (Å²) in [7, 11) is 3.54. The fourth-order valence-electron chi connectivity index (χ4n) is 5.11. The van der Waals surface area contributed by atoms with Gasteiger partial charge in [0.05, 0.1) is 7.11 Å². The summed E-state index contributed by atoms with van der Waals surface area (Å²) in [6.07, 6.45) is 3.83. The summed E-state index contributed by atoms with van der Waals surface area (Å²) >= 11 is 0. The first kappa shape index (κ1) is 23.3. The van der Waals surface area contributed by atoms with Gasteiger partial charge in [0.15, 0.2) is 0 Å². The van der Waals surface area contributed by atoms with Crippen LogP contribution in [0.5, 0.6) is 5.75 Å². The van der Waals surface area contributed by atoms with E-state index in [2.05, 4.69) is 17.0 Å². The van der Waals surface area contributed by atoms with Crippen LogP contribution >= 0.6 is 0 Å². The minimum Gasteiger partial charge on any atom is -0.497 e. The van der Waals surface area contributed by atoms with E-state index in [1.165, 1.54) is 5.56 Å². The second-order valence-corrected chi connectivity index (χ2v) is 9.24. The van der Waals surface area contributed by atoms with Gasteiger partial charge in [-0.25, -0.2) is 0 Å². The van der Waals surface area contributed by atoms with Gasteiger partial charge in [-0.15, -0.1) is 0 Å². The largest absolute Gasteiger partial charge is 0.497 e. The molecule has 176 valence electrons. The zero-order valence-corrected chi connectivity index (χ0v) is 19.8. The first-order valence-electron chi connectivity index (χ1n) is 12.0. The second-order valence-electron chi connectivity index (χ2n) is 9.24. The van der Waals surface area contributed by atoms with Crippen LogP contribution in [-0.2, 0) is 11.3 Å². The number of rotatable bonds is 6. The average molecular weight is 450 g/mol. The highest BCUT2D eigenvalue weighted by Crippen LogP contribution is 2.26. The number of hydrogen-bond acceptors (Lipinski definition) is 4. The molecule has 0 atom stereocenters. The molecule has 0 spiro atoms. The van der Waals surface area contributed by atoms with Gasteiger partial charge in [0.2, 0.25) is 5.91 Å². The van der Waals surface area contributed by atoms with E-state index in [4.69, 9.17) is 4.74 Å². The summed E-state index contributed by atoms with van der Waals surface area (Å²) in [5.74, 6) is 1.24. The Morgan fingerprint density at radius 3 is 2.15 bits per heavy atom. The first-order valence-corrected chi connectivity index (χ1v) is 12.0. The molecule has 33 heavy (non-hydrogen) atoms. The molecule has 6 nitrogen and oxygen atoms in total. The Bertz CT molecular complexity index is 915. The Morgan fingerprint density at radius 1 is 0.909 bits per heavy atom. The van der Waals surface area contributed by atoms with Gasteiger partial charge < -0.3 is 19.4 Å². The Balaban J connectivity index is 1.22. The summed E-state index contributed by atoms with van der Waals surface area (Å²) in [6.45, 7) is 4.17. The highest BCUT2D eigenvalue weighted by molar-refractivity contribution is 5.94. The maximum Gasteiger partial charge on any atom is 0.253 e. The topological polar surface area (TPSA) is 53.1 Å². The molecule has 0 radical (unpaired) electrons. The van der Waals surface area contributed by atoms with Gasteiger partial charge >= 0.3 is 0 Å². The van der Waals surface area contributed by atoms with Crippen LogP contribution in [0, 0.1) is 5.92 Å². The van der Waals surface area contributed by atoms with Crippen molar-refractivity contribution in [3.05, 3.63) is 65.7 Å². The average Bonchev–Trinajstić information content (AvgIpc) is 2.88. The van der Waals surface area contributed by atoms with Crippen LogP contribution in [0.4, 0.5) is 0 Å².